The highest BCUT2D eigenvalue weighted by atomic mass is 19.4. The van der Waals surface area contributed by atoms with E-state index in [2.05, 4.69) is 15.9 Å². The largest absolute Gasteiger partial charge is 0.573 e. The number of nitrogens with zero attached hydrogens (tertiary/aromatic N) is 3. The van der Waals surface area contributed by atoms with Crippen molar-refractivity contribution >= 4 is 0 Å². The summed E-state index contributed by atoms with van der Waals surface area (Å²) in [5, 5.41) is 13.3. The second-order valence-electron chi connectivity index (χ2n) is 4.88. The lowest BCUT2D eigenvalue weighted by Crippen LogP contribution is -2.17. The molecule has 0 saturated carbocycles. The van der Waals surface area contributed by atoms with E-state index in [1.165, 1.54) is 28.9 Å². The maximum absolute atomic E-state index is 12.2. The lowest BCUT2D eigenvalue weighted by atomic mass is 10.1. The maximum atomic E-state index is 12.2. The zero-order valence-corrected chi connectivity index (χ0v) is 12.2. The molecule has 0 unspecified atom stereocenters. The van der Waals surface area contributed by atoms with Crippen LogP contribution in [0.15, 0.2) is 60.8 Å². The summed E-state index contributed by atoms with van der Waals surface area (Å²) < 4.78 is 41.8. The van der Waals surface area contributed by atoms with Crippen LogP contribution in [0.1, 0.15) is 5.56 Å². The Balaban J connectivity index is 1.84. The monoisotopic (exact) mass is 329 g/mol. The summed E-state index contributed by atoms with van der Waals surface area (Å²) in [6.07, 6.45) is -3.03. The summed E-state index contributed by atoms with van der Waals surface area (Å²) in [7, 11) is 0. The number of halogens is 3. The molecule has 1 heterocycles. The highest BCUT2D eigenvalue weighted by Gasteiger charge is 2.30. The fraction of sp³-hybridized carbons (Fsp3) is 0.0588. The first-order valence-electron chi connectivity index (χ1n) is 6.87. The molecule has 4 nitrogen and oxygen atoms in total. The molecule has 0 saturated heterocycles. The number of rotatable bonds is 3. The lowest BCUT2D eigenvalue weighted by molar-refractivity contribution is -0.274. The predicted octanol–water partition coefficient (Wildman–Crippen LogP) is 4.31. The van der Waals surface area contributed by atoms with Crippen molar-refractivity contribution < 1.29 is 17.9 Å². The minimum absolute atomic E-state index is 0.291. The van der Waals surface area contributed by atoms with E-state index in [0.29, 0.717) is 16.9 Å². The second kappa shape index (κ2) is 6.08. The molecule has 0 spiro atoms. The van der Waals surface area contributed by atoms with Crippen LogP contribution in [0.2, 0.25) is 0 Å². The minimum Gasteiger partial charge on any atom is -0.406 e. The molecule has 3 rings (SSSR count). The number of aromatic nitrogens is 2. The van der Waals surface area contributed by atoms with Crippen LogP contribution in [0, 0.1) is 11.3 Å². The van der Waals surface area contributed by atoms with Gasteiger partial charge in [0.25, 0.3) is 0 Å². The normalized spacial score (nSPS) is 11.1. The molecule has 1 aromatic heterocycles. The molecule has 0 bridgehead atoms. The first-order valence-corrected chi connectivity index (χ1v) is 6.87. The van der Waals surface area contributed by atoms with E-state index >= 15 is 0 Å². The van der Waals surface area contributed by atoms with Gasteiger partial charge in [0.2, 0.25) is 0 Å². The third kappa shape index (κ3) is 3.55. The van der Waals surface area contributed by atoms with Crippen LogP contribution in [-0.2, 0) is 0 Å². The fourth-order valence-electron chi connectivity index (χ4n) is 2.17. The van der Waals surface area contributed by atoms with Gasteiger partial charge in [-0.25, -0.2) is 4.68 Å². The van der Waals surface area contributed by atoms with E-state index < -0.39 is 6.36 Å². The number of alkyl halides is 3. The summed E-state index contributed by atoms with van der Waals surface area (Å²) in [6.45, 7) is 0. The number of hydrogen-bond donors (Lipinski definition) is 0. The zero-order chi connectivity index (χ0) is 17.2. The number of hydrogen-bond acceptors (Lipinski definition) is 3. The van der Waals surface area contributed by atoms with Crippen LogP contribution in [0.3, 0.4) is 0 Å². The summed E-state index contributed by atoms with van der Waals surface area (Å²) in [6, 6.07) is 16.2. The van der Waals surface area contributed by atoms with Gasteiger partial charge in [0.05, 0.1) is 23.0 Å². The molecule has 0 aliphatic carbocycles. The van der Waals surface area contributed by atoms with E-state index in [9.17, 15) is 13.2 Å². The molecular weight excluding hydrogens is 319 g/mol. The van der Waals surface area contributed by atoms with Gasteiger partial charge >= 0.3 is 6.36 Å². The molecule has 0 aliphatic heterocycles. The quantitative estimate of drug-likeness (QED) is 0.719. The van der Waals surface area contributed by atoms with Crippen LogP contribution < -0.4 is 4.74 Å². The Bertz CT molecular complexity index is 892. The average Bonchev–Trinajstić information content (AvgIpc) is 3.04. The third-order valence-corrected chi connectivity index (χ3v) is 3.21. The van der Waals surface area contributed by atoms with Crippen molar-refractivity contribution in [1.29, 1.82) is 5.26 Å². The molecular formula is C17H10F3N3O. The van der Waals surface area contributed by atoms with E-state index in [4.69, 9.17) is 5.26 Å². The summed E-state index contributed by atoms with van der Waals surface area (Å²) in [5.41, 5.74) is 2.55. The van der Waals surface area contributed by atoms with Crippen LogP contribution in [0.4, 0.5) is 13.2 Å². The van der Waals surface area contributed by atoms with Gasteiger partial charge in [-0.2, -0.15) is 10.4 Å². The summed E-state index contributed by atoms with van der Waals surface area (Å²) in [5.74, 6) is -0.291. The molecule has 3 aromatic rings. The van der Waals surface area contributed by atoms with Crippen molar-refractivity contribution in [3.8, 4) is 28.8 Å². The third-order valence-electron chi connectivity index (χ3n) is 3.21. The molecule has 120 valence electrons. The van der Waals surface area contributed by atoms with Gasteiger partial charge in [-0.05, 0) is 42.5 Å². The fourth-order valence-corrected chi connectivity index (χ4v) is 2.17. The van der Waals surface area contributed by atoms with E-state index in [0.717, 1.165) is 5.56 Å². The Morgan fingerprint density at radius 2 is 1.79 bits per heavy atom. The molecule has 0 N–H and O–H groups in total. The first-order chi connectivity index (χ1) is 11.4. The Hall–Kier alpha value is -3.27. The average molecular weight is 329 g/mol. The number of ether oxygens (including phenoxy) is 1. The maximum Gasteiger partial charge on any atom is 0.573 e. The van der Waals surface area contributed by atoms with Crippen molar-refractivity contribution in [2.24, 2.45) is 0 Å². The smallest absolute Gasteiger partial charge is 0.406 e. The topological polar surface area (TPSA) is 50.8 Å². The van der Waals surface area contributed by atoms with E-state index in [-0.39, 0.29) is 5.75 Å². The molecule has 0 radical (unpaired) electrons. The highest BCUT2D eigenvalue weighted by Crippen LogP contribution is 2.24. The van der Waals surface area contributed by atoms with Crippen molar-refractivity contribution in [2.45, 2.75) is 6.36 Å². The van der Waals surface area contributed by atoms with Crippen LogP contribution in [-0.4, -0.2) is 16.1 Å². The zero-order valence-electron chi connectivity index (χ0n) is 12.2. The molecule has 24 heavy (non-hydrogen) atoms. The van der Waals surface area contributed by atoms with Gasteiger partial charge in [0.15, 0.2) is 0 Å². The Morgan fingerprint density at radius 3 is 2.46 bits per heavy atom. The van der Waals surface area contributed by atoms with Crippen molar-refractivity contribution in [3.05, 3.63) is 66.4 Å². The standard InChI is InChI=1S/C17H10F3N3O/c18-17(19,20)24-15-6-4-14(5-7-15)23-9-8-16(22-23)13-3-1-2-12(10-13)11-21/h1-10H. The van der Waals surface area contributed by atoms with Gasteiger partial charge in [0.1, 0.15) is 5.75 Å². The van der Waals surface area contributed by atoms with Crippen molar-refractivity contribution in [1.82, 2.24) is 9.78 Å². The summed E-state index contributed by atoms with van der Waals surface area (Å²) in [4.78, 5) is 0. The van der Waals surface area contributed by atoms with Crippen LogP contribution >= 0.6 is 0 Å². The Kier molecular flexibility index (Phi) is 3.96. The van der Waals surface area contributed by atoms with Gasteiger partial charge in [0, 0.05) is 11.8 Å². The van der Waals surface area contributed by atoms with Crippen molar-refractivity contribution in [3.63, 3.8) is 0 Å². The summed E-state index contributed by atoms with van der Waals surface area (Å²) >= 11 is 0. The Labute approximate surface area is 135 Å². The van der Waals surface area contributed by atoms with E-state index in [1.54, 1.807) is 30.5 Å². The van der Waals surface area contributed by atoms with Gasteiger partial charge in [-0.3, -0.25) is 0 Å². The molecule has 2 aromatic carbocycles. The number of nitriles is 1. The second-order valence-corrected chi connectivity index (χ2v) is 4.88. The Morgan fingerprint density at radius 1 is 1.04 bits per heavy atom. The van der Waals surface area contributed by atoms with Crippen LogP contribution in [0.25, 0.3) is 16.9 Å². The minimum atomic E-state index is -4.72. The van der Waals surface area contributed by atoms with Gasteiger partial charge in [-0.1, -0.05) is 12.1 Å². The molecule has 7 heteroatoms. The molecule has 0 fully saturated rings. The van der Waals surface area contributed by atoms with Crippen LogP contribution in [0.5, 0.6) is 5.75 Å². The lowest BCUT2D eigenvalue weighted by Gasteiger charge is -2.09. The van der Waals surface area contributed by atoms with Crippen molar-refractivity contribution in [2.75, 3.05) is 0 Å². The highest BCUT2D eigenvalue weighted by molar-refractivity contribution is 5.61. The molecule has 0 amide bonds. The van der Waals surface area contributed by atoms with E-state index in [1.807, 2.05) is 6.07 Å². The molecule has 0 atom stereocenters. The first kappa shape index (κ1) is 15.6. The number of benzene rings is 2. The SMILES string of the molecule is N#Cc1cccc(-c2ccn(-c3ccc(OC(F)(F)F)cc3)n2)c1. The van der Waals surface area contributed by atoms with Gasteiger partial charge < -0.3 is 4.74 Å². The predicted molar refractivity (Wildman–Crippen MR) is 80.4 cm³/mol. The molecule has 0 aliphatic rings. The van der Waals surface area contributed by atoms with Gasteiger partial charge in [-0.15, -0.1) is 13.2 Å².